The molecule has 3 rings (SSSR count). The summed E-state index contributed by atoms with van der Waals surface area (Å²) in [5, 5.41) is 13.4. The largest absolute Gasteiger partial charge is 0.508 e. The molecule has 2 aliphatic rings. The van der Waals surface area contributed by atoms with E-state index < -0.39 is 0 Å². The molecule has 1 aromatic carbocycles. The Morgan fingerprint density at radius 1 is 1.20 bits per heavy atom. The van der Waals surface area contributed by atoms with Gasteiger partial charge in [0.05, 0.1) is 0 Å². The quantitative estimate of drug-likeness (QED) is 0.673. The first kappa shape index (κ1) is 8.98. The molecule has 15 heavy (non-hydrogen) atoms. The molecule has 1 heterocycles. The molecule has 0 atom stereocenters. The van der Waals surface area contributed by atoms with Crippen molar-refractivity contribution in [1.29, 1.82) is 0 Å². The SMILES string of the molecule is Oc1cccc2c1C1(C=C2)CCNCC1. The first-order chi connectivity index (χ1) is 7.32. The molecule has 2 N–H and O–H groups in total. The number of rotatable bonds is 0. The minimum atomic E-state index is 0.103. The normalized spacial score (nSPS) is 21.9. The minimum absolute atomic E-state index is 0.103. The van der Waals surface area contributed by atoms with Crippen LogP contribution in [0.5, 0.6) is 5.75 Å². The van der Waals surface area contributed by atoms with E-state index in [1.807, 2.05) is 6.07 Å². The number of allylic oxidation sites excluding steroid dienone is 1. The molecule has 0 unspecified atom stereocenters. The second kappa shape index (κ2) is 3.11. The van der Waals surface area contributed by atoms with Crippen LogP contribution < -0.4 is 5.32 Å². The smallest absolute Gasteiger partial charge is 0.120 e. The van der Waals surface area contributed by atoms with Crippen LogP contribution in [0.25, 0.3) is 6.08 Å². The third-order valence-corrected chi connectivity index (χ3v) is 3.65. The summed E-state index contributed by atoms with van der Waals surface area (Å²) < 4.78 is 0. The second-order valence-electron chi connectivity index (χ2n) is 4.48. The third kappa shape index (κ3) is 1.21. The summed E-state index contributed by atoms with van der Waals surface area (Å²) in [6.07, 6.45) is 6.61. The maximum Gasteiger partial charge on any atom is 0.120 e. The first-order valence-corrected chi connectivity index (χ1v) is 5.54. The molecule has 1 fully saturated rings. The van der Waals surface area contributed by atoms with Crippen molar-refractivity contribution >= 4 is 6.08 Å². The van der Waals surface area contributed by atoms with E-state index in [4.69, 9.17) is 0 Å². The molecule has 1 aliphatic carbocycles. The lowest BCUT2D eigenvalue weighted by atomic mass is 9.74. The number of benzene rings is 1. The van der Waals surface area contributed by atoms with E-state index >= 15 is 0 Å². The Labute approximate surface area is 89.6 Å². The van der Waals surface area contributed by atoms with E-state index in [1.165, 1.54) is 5.56 Å². The van der Waals surface area contributed by atoms with E-state index in [9.17, 15) is 5.11 Å². The lowest BCUT2D eigenvalue weighted by Crippen LogP contribution is -2.37. The maximum absolute atomic E-state index is 9.99. The van der Waals surface area contributed by atoms with Crippen molar-refractivity contribution in [2.24, 2.45) is 0 Å². The molecule has 0 aromatic heterocycles. The topological polar surface area (TPSA) is 32.3 Å². The third-order valence-electron chi connectivity index (χ3n) is 3.65. The van der Waals surface area contributed by atoms with Crippen LogP contribution in [0.1, 0.15) is 24.0 Å². The number of aromatic hydroxyl groups is 1. The lowest BCUT2D eigenvalue weighted by molar-refractivity contribution is 0.361. The Balaban J connectivity index is 2.13. The van der Waals surface area contributed by atoms with Gasteiger partial charge in [-0.3, -0.25) is 0 Å². The fraction of sp³-hybridized carbons (Fsp3) is 0.385. The van der Waals surface area contributed by atoms with Gasteiger partial charge in [0.2, 0.25) is 0 Å². The zero-order chi connectivity index (χ0) is 10.3. The van der Waals surface area contributed by atoms with E-state index in [0.29, 0.717) is 5.75 Å². The van der Waals surface area contributed by atoms with Gasteiger partial charge in [0.25, 0.3) is 0 Å². The van der Waals surface area contributed by atoms with Gasteiger partial charge in [-0.15, -0.1) is 0 Å². The number of nitrogens with one attached hydrogen (secondary N) is 1. The van der Waals surface area contributed by atoms with Gasteiger partial charge in [-0.1, -0.05) is 24.3 Å². The molecule has 0 amide bonds. The van der Waals surface area contributed by atoms with Gasteiger partial charge in [-0.05, 0) is 37.6 Å². The molecule has 1 spiro atoms. The Bertz CT molecular complexity index is 417. The predicted molar refractivity (Wildman–Crippen MR) is 60.9 cm³/mol. The average molecular weight is 201 g/mol. The zero-order valence-corrected chi connectivity index (χ0v) is 8.66. The highest BCUT2D eigenvalue weighted by Gasteiger charge is 2.37. The average Bonchev–Trinajstić information content (AvgIpc) is 2.60. The molecule has 1 aromatic rings. The van der Waals surface area contributed by atoms with Crippen LogP contribution in [0, 0.1) is 0 Å². The van der Waals surface area contributed by atoms with Crippen molar-refractivity contribution in [3.05, 3.63) is 35.4 Å². The highest BCUT2D eigenvalue weighted by atomic mass is 16.3. The summed E-state index contributed by atoms with van der Waals surface area (Å²) in [6, 6.07) is 5.80. The number of phenolic OH excluding ortho intramolecular Hbond substituents is 1. The van der Waals surface area contributed by atoms with Gasteiger partial charge >= 0.3 is 0 Å². The van der Waals surface area contributed by atoms with Crippen molar-refractivity contribution in [3.63, 3.8) is 0 Å². The number of hydrogen-bond acceptors (Lipinski definition) is 2. The first-order valence-electron chi connectivity index (χ1n) is 5.54. The standard InChI is InChI=1S/C13H15NO/c15-11-3-1-2-10-4-5-13(12(10)11)6-8-14-9-7-13/h1-5,14-15H,6-9H2. The van der Waals surface area contributed by atoms with Crippen LogP contribution >= 0.6 is 0 Å². The summed E-state index contributed by atoms with van der Waals surface area (Å²) in [6.45, 7) is 2.08. The van der Waals surface area contributed by atoms with E-state index in [0.717, 1.165) is 31.5 Å². The minimum Gasteiger partial charge on any atom is -0.508 e. The predicted octanol–water partition coefficient (Wildman–Crippen LogP) is 2.04. The van der Waals surface area contributed by atoms with Crippen LogP contribution in [-0.4, -0.2) is 18.2 Å². The van der Waals surface area contributed by atoms with E-state index in [-0.39, 0.29) is 5.41 Å². The number of phenols is 1. The molecule has 2 nitrogen and oxygen atoms in total. The van der Waals surface area contributed by atoms with Gasteiger partial charge in [-0.25, -0.2) is 0 Å². The molecule has 2 heteroatoms. The summed E-state index contributed by atoms with van der Waals surface area (Å²) in [5.41, 5.74) is 2.44. The Kier molecular flexibility index (Phi) is 1.86. The monoisotopic (exact) mass is 201 g/mol. The van der Waals surface area contributed by atoms with Crippen LogP contribution in [0.15, 0.2) is 24.3 Å². The highest BCUT2D eigenvalue weighted by molar-refractivity contribution is 5.68. The Morgan fingerprint density at radius 2 is 2.00 bits per heavy atom. The molecular weight excluding hydrogens is 186 g/mol. The summed E-state index contributed by atoms with van der Waals surface area (Å²) in [5.74, 6) is 0.458. The van der Waals surface area contributed by atoms with Crippen LogP contribution in [0.4, 0.5) is 0 Å². The number of piperidine rings is 1. The zero-order valence-electron chi connectivity index (χ0n) is 8.66. The highest BCUT2D eigenvalue weighted by Crippen LogP contribution is 2.46. The fourth-order valence-corrected chi connectivity index (χ4v) is 2.86. The maximum atomic E-state index is 9.99. The van der Waals surface area contributed by atoms with Crippen molar-refractivity contribution in [3.8, 4) is 5.75 Å². The summed E-state index contributed by atoms with van der Waals surface area (Å²) in [4.78, 5) is 0. The van der Waals surface area contributed by atoms with Crippen molar-refractivity contribution < 1.29 is 5.11 Å². The van der Waals surface area contributed by atoms with E-state index in [2.05, 4.69) is 23.5 Å². The molecule has 0 radical (unpaired) electrons. The van der Waals surface area contributed by atoms with Crippen molar-refractivity contribution in [1.82, 2.24) is 5.32 Å². The molecule has 0 bridgehead atoms. The van der Waals surface area contributed by atoms with Crippen LogP contribution in [0.3, 0.4) is 0 Å². The number of hydrogen-bond donors (Lipinski definition) is 2. The van der Waals surface area contributed by atoms with Gasteiger partial charge < -0.3 is 10.4 Å². The molecule has 0 saturated carbocycles. The number of fused-ring (bicyclic) bond motifs is 2. The van der Waals surface area contributed by atoms with Crippen molar-refractivity contribution in [2.45, 2.75) is 18.3 Å². The Hall–Kier alpha value is -1.28. The lowest BCUT2D eigenvalue weighted by Gasteiger charge is -2.34. The molecule has 78 valence electrons. The van der Waals surface area contributed by atoms with Crippen LogP contribution in [-0.2, 0) is 5.41 Å². The Morgan fingerprint density at radius 3 is 2.80 bits per heavy atom. The molecule has 1 aliphatic heterocycles. The van der Waals surface area contributed by atoms with Gasteiger partial charge in [0, 0.05) is 11.0 Å². The molecule has 1 saturated heterocycles. The summed E-state index contributed by atoms with van der Waals surface area (Å²) in [7, 11) is 0. The van der Waals surface area contributed by atoms with Gasteiger partial charge in [-0.2, -0.15) is 0 Å². The second-order valence-corrected chi connectivity index (χ2v) is 4.48. The molecular formula is C13H15NO. The summed E-state index contributed by atoms with van der Waals surface area (Å²) >= 11 is 0. The van der Waals surface area contributed by atoms with Crippen LogP contribution in [0.2, 0.25) is 0 Å². The van der Waals surface area contributed by atoms with E-state index in [1.54, 1.807) is 6.07 Å². The van der Waals surface area contributed by atoms with Gasteiger partial charge in [0.1, 0.15) is 5.75 Å². The fourth-order valence-electron chi connectivity index (χ4n) is 2.86. The van der Waals surface area contributed by atoms with Gasteiger partial charge in [0.15, 0.2) is 0 Å². The van der Waals surface area contributed by atoms with Crippen molar-refractivity contribution in [2.75, 3.05) is 13.1 Å².